The molecule has 1 N–H and O–H groups in total. The summed E-state index contributed by atoms with van der Waals surface area (Å²) in [5.41, 5.74) is -0.484. The molecule has 0 aromatic heterocycles. The average Bonchev–Trinajstić information content (AvgIpc) is 2.35. The van der Waals surface area contributed by atoms with Crippen molar-refractivity contribution in [3.05, 3.63) is 0 Å². The van der Waals surface area contributed by atoms with Crippen molar-refractivity contribution in [2.75, 3.05) is 0 Å². The van der Waals surface area contributed by atoms with Crippen LogP contribution in [0, 0.1) is 11.8 Å². The molecule has 3 nitrogen and oxygen atoms in total. The topological polar surface area (TPSA) is 38.3 Å². The van der Waals surface area contributed by atoms with Crippen LogP contribution in [0.1, 0.15) is 72.6 Å². The van der Waals surface area contributed by atoms with Gasteiger partial charge in [0, 0.05) is 5.54 Å². The Bertz CT molecular complexity index is 318. The minimum atomic E-state index is -0.415. The van der Waals surface area contributed by atoms with E-state index in [-0.39, 0.29) is 11.6 Å². The van der Waals surface area contributed by atoms with Crippen LogP contribution in [0.25, 0.3) is 0 Å². The summed E-state index contributed by atoms with van der Waals surface area (Å²) in [5.74, 6) is 1.59. The summed E-state index contributed by atoms with van der Waals surface area (Å²) in [5, 5.41) is 3.15. The van der Waals surface area contributed by atoms with Crippen molar-refractivity contribution in [3.8, 4) is 0 Å². The molecule has 110 valence electrons. The quantitative estimate of drug-likeness (QED) is 0.771. The van der Waals surface area contributed by atoms with Crippen LogP contribution >= 0.6 is 0 Å². The molecule has 0 radical (unpaired) electrons. The van der Waals surface area contributed by atoms with Crippen LogP contribution in [0.4, 0.5) is 4.79 Å². The predicted octanol–water partition coefficient (Wildman–Crippen LogP) is 4.26. The van der Waals surface area contributed by atoms with Gasteiger partial charge in [0.15, 0.2) is 0 Å². The van der Waals surface area contributed by atoms with Crippen molar-refractivity contribution in [2.45, 2.75) is 83.8 Å². The van der Waals surface area contributed by atoms with Crippen molar-refractivity contribution in [1.82, 2.24) is 5.32 Å². The van der Waals surface area contributed by atoms with Gasteiger partial charge in [-0.1, -0.05) is 25.7 Å². The fourth-order valence-electron chi connectivity index (χ4n) is 3.95. The lowest BCUT2D eigenvalue weighted by Crippen LogP contribution is -2.52. The second kappa shape index (κ2) is 5.34. The van der Waals surface area contributed by atoms with E-state index < -0.39 is 5.60 Å². The van der Waals surface area contributed by atoms with Crippen molar-refractivity contribution in [1.29, 1.82) is 0 Å². The number of carbonyl (C=O) groups excluding carboxylic acids is 1. The molecular weight excluding hydrogens is 238 g/mol. The Morgan fingerprint density at radius 1 is 1.16 bits per heavy atom. The van der Waals surface area contributed by atoms with Gasteiger partial charge in [-0.05, 0) is 58.8 Å². The maximum Gasteiger partial charge on any atom is 0.408 e. The van der Waals surface area contributed by atoms with E-state index in [0.29, 0.717) is 0 Å². The number of amides is 1. The summed E-state index contributed by atoms with van der Waals surface area (Å²) in [7, 11) is 0. The third-order valence-corrected chi connectivity index (χ3v) is 4.42. The first kappa shape index (κ1) is 14.7. The molecule has 19 heavy (non-hydrogen) atoms. The molecular formula is C16H29NO2. The van der Waals surface area contributed by atoms with Gasteiger partial charge in [0.2, 0.25) is 0 Å². The lowest BCUT2D eigenvalue weighted by atomic mass is 9.71. The summed E-state index contributed by atoms with van der Waals surface area (Å²) >= 11 is 0. The average molecular weight is 267 g/mol. The predicted molar refractivity (Wildman–Crippen MR) is 77.1 cm³/mol. The smallest absolute Gasteiger partial charge is 0.408 e. The Balaban J connectivity index is 1.96. The van der Waals surface area contributed by atoms with Gasteiger partial charge in [0.25, 0.3) is 0 Å². The number of ether oxygens (including phenoxy) is 1. The summed E-state index contributed by atoms with van der Waals surface area (Å²) in [6.07, 6.45) is 8.74. The van der Waals surface area contributed by atoms with E-state index in [0.717, 1.165) is 24.7 Å². The highest BCUT2D eigenvalue weighted by molar-refractivity contribution is 5.68. The molecule has 0 aromatic rings. The molecule has 0 aliphatic heterocycles. The van der Waals surface area contributed by atoms with E-state index in [9.17, 15) is 4.79 Å². The highest BCUT2D eigenvalue weighted by atomic mass is 16.6. The zero-order chi connectivity index (χ0) is 14.1. The van der Waals surface area contributed by atoms with Crippen molar-refractivity contribution >= 4 is 6.09 Å². The molecule has 0 aromatic carbocycles. The first-order valence-electron chi connectivity index (χ1n) is 7.77. The molecule has 2 atom stereocenters. The van der Waals surface area contributed by atoms with E-state index in [4.69, 9.17) is 4.74 Å². The molecule has 2 aliphatic carbocycles. The third-order valence-electron chi connectivity index (χ3n) is 4.42. The normalized spacial score (nSPS) is 35.4. The number of nitrogens with one attached hydrogen (secondary N) is 1. The van der Waals surface area contributed by atoms with E-state index in [2.05, 4.69) is 12.2 Å². The zero-order valence-electron chi connectivity index (χ0n) is 12.9. The summed E-state index contributed by atoms with van der Waals surface area (Å²) < 4.78 is 5.41. The Kier molecular flexibility index (Phi) is 4.12. The number of carbonyl (C=O) groups is 1. The Hall–Kier alpha value is -0.730. The number of alkyl carbamates (subject to hydrolysis) is 1. The molecule has 2 unspecified atom stereocenters. The molecule has 0 heterocycles. The maximum atomic E-state index is 12.0. The van der Waals surface area contributed by atoms with Crippen LogP contribution in [0.15, 0.2) is 0 Å². The highest BCUT2D eigenvalue weighted by Crippen LogP contribution is 2.43. The first-order chi connectivity index (χ1) is 8.76. The van der Waals surface area contributed by atoms with Crippen LogP contribution in [-0.2, 0) is 4.74 Å². The Morgan fingerprint density at radius 2 is 1.68 bits per heavy atom. The molecule has 0 spiro atoms. The maximum absolute atomic E-state index is 12.0. The van der Waals surface area contributed by atoms with Gasteiger partial charge in [-0.15, -0.1) is 0 Å². The molecule has 2 aliphatic rings. The molecule has 2 fully saturated rings. The highest BCUT2D eigenvalue weighted by Gasteiger charge is 2.39. The van der Waals surface area contributed by atoms with Gasteiger partial charge in [-0.25, -0.2) is 4.79 Å². The van der Waals surface area contributed by atoms with Crippen LogP contribution < -0.4 is 5.32 Å². The molecule has 1 amide bonds. The van der Waals surface area contributed by atoms with E-state index in [1.807, 2.05) is 20.8 Å². The zero-order valence-corrected chi connectivity index (χ0v) is 12.9. The molecule has 2 bridgehead atoms. The van der Waals surface area contributed by atoms with E-state index in [1.54, 1.807) is 0 Å². The fourth-order valence-corrected chi connectivity index (χ4v) is 3.95. The van der Waals surface area contributed by atoms with Crippen LogP contribution in [0.5, 0.6) is 0 Å². The molecule has 3 heteroatoms. The number of rotatable bonds is 1. The van der Waals surface area contributed by atoms with Crippen molar-refractivity contribution < 1.29 is 9.53 Å². The van der Waals surface area contributed by atoms with Crippen LogP contribution in [0.2, 0.25) is 0 Å². The van der Waals surface area contributed by atoms with Gasteiger partial charge < -0.3 is 10.1 Å². The van der Waals surface area contributed by atoms with Crippen molar-refractivity contribution in [2.24, 2.45) is 11.8 Å². The Morgan fingerprint density at radius 3 is 2.16 bits per heavy atom. The minimum Gasteiger partial charge on any atom is -0.444 e. The molecule has 0 saturated heterocycles. The van der Waals surface area contributed by atoms with Crippen LogP contribution in [-0.4, -0.2) is 17.2 Å². The van der Waals surface area contributed by atoms with Gasteiger partial charge in [-0.2, -0.15) is 0 Å². The summed E-state index contributed by atoms with van der Waals surface area (Å²) in [4.78, 5) is 12.0. The largest absolute Gasteiger partial charge is 0.444 e. The molecule has 2 saturated carbocycles. The number of hydrogen-bond acceptors (Lipinski definition) is 2. The summed E-state index contributed by atoms with van der Waals surface area (Å²) in [6, 6.07) is 0. The second-order valence-electron chi connectivity index (χ2n) is 7.85. The van der Waals surface area contributed by atoms with Gasteiger partial charge in [0.05, 0.1) is 0 Å². The fraction of sp³-hybridized carbons (Fsp3) is 0.938. The van der Waals surface area contributed by atoms with Crippen molar-refractivity contribution in [3.63, 3.8) is 0 Å². The lowest BCUT2D eigenvalue weighted by molar-refractivity contribution is 0.0387. The standard InChI is InChI=1S/C16H29NO2/c1-15(2,3)19-14(18)17-16(4)10-12-7-5-6-8-13(9-12)11-16/h12-13H,5-11H2,1-4H3,(H,17,18). The minimum absolute atomic E-state index is 0.0692. The van der Waals surface area contributed by atoms with Gasteiger partial charge in [-0.3, -0.25) is 0 Å². The van der Waals surface area contributed by atoms with Gasteiger partial charge >= 0.3 is 6.09 Å². The SMILES string of the molecule is CC1(NC(=O)OC(C)(C)C)CC2CCCCC(C2)C1. The molecule has 2 rings (SSSR count). The second-order valence-corrected chi connectivity index (χ2v) is 7.85. The monoisotopic (exact) mass is 267 g/mol. The summed E-state index contributed by atoms with van der Waals surface area (Å²) in [6.45, 7) is 7.93. The Labute approximate surface area is 117 Å². The number of hydrogen-bond donors (Lipinski definition) is 1. The third kappa shape index (κ3) is 4.39. The first-order valence-corrected chi connectivity index (χ1v) is 7.77. The number of fused-ring (bicyclic) bond motifs is 2. The van der Waals surface area contributed by atoms with Crippen LogP contribution in [0.3, 0.4) is 0 Å². The lowest BCUT2D eigenvalue weighted by Gasteiger charge is -2.42. The van der Waals surface area contributed by atoms with E-state index in [1.165, 1.54) is 32.1 Å². The van der Waals surface area contributed by atoms with E-state index >= 15 is 0 Å². The van der Waals surface area contributed by atoms with Gasteiger partial charge in [0.1, 0.15) is 5.60 Å².